The Kier molecular flexibility index (Phi) is 5.62. The lowest BCUT2D eigenvalue weighted by molar-refractivity contribution is 0.122. The summed E-state index contributed by atoms with van der Waals surface area (Å²) in [5, 5.41) is 10.1. The first kappa shape index (κ1) is 14.3. The van der Waals surface area contributed by atoms with Crippen molar-refractivity contribution in [3.63, 3.8) is 0 Å². The van der Waals surface area contributed by atoms with Crippen molar-refractivity contribution in [2.75, 3.05) is 13.6 Å². The molecule has 1 fully saturated rings. The molecule has 1 aliphatic rings. The molecule has 0 bridgehead atoms. The van der Waals surface area contributed by atoms with Gasteiger partial charge in [0.25, 0.3) is 0 Å². The lowest BCUT2D eigenvalue weighted by atomic mass is 10.0. The first-order valence-electron chi connectivity index (χ1n) is 7.35. The van der Waals surface area contributed by atoms with E-state index in [4.69, 9.17) is 0 Å². The van der Waals surface area contributed by atoms with Crippen LogP contribution in [0.1, 0.15) is 37.7 Å². The van der Waals surface area contributed by atoms with Gasteiger partial charge in [0.1, 0.15) is 0 Å². The number of likely N-dealkylation sites (tertiary alicyclic amines) is 1. The first-order chi connectivity index (χ1) is 9.25. The van der Waals surface area contributed by atoms with Crippen LogP contribution >= 0.6 is 0 Å². The quantitative estimate of drug-likeness (QED) is 0.847. The molecule has 0 aromatic heterocycles. The number of benzene rings is 1. The first-order valence-corrected chi connectivity index (χ1v) is 7.35. The highest BCUT2D eigenvalue weighted by Gasteiger charge is 2.22. The summed E-state index contributed by atoms with van der Waals surface area (Å²) in [4.78, 5) is 2.38. The molecule has 1 aromatic rings. The number of hydrogen-bond donors (Lipinski definition) is 1. The van der Waals surface area contributed by atoms with Crippen molar-refractivity contribution in [3.05, 3.63) is 42.0 Å². The highest BCUT2D eigenvalue weighted by molar-refractivity contribution is 5.48. The van der Waals surface area contributed by atoms with Gasteiger partial charge in [-0.3, -0.25) is 0 Å². The van der Waals surface area contributed by atoms with E-state index in [1.165, 1.54) is 24.9 Å². The van der Waals surface area contributed by atoms with E-state index < -0.39 is 0 Å². The lowest BCUT2D eigenvalue weighted by Gasteiger charge is -2.22. The molecule has 2 nitrogen and oxygen atoms in total. The van der Waals surface area contributed by atoms with Gasteiger partial charge in [-0.2, -0.15) is 0 Å². The van der Waals surface area contributed by atoms with E-state index in [1.54, 1.807) is 0 Å². The van der Waals surface area contributed by atoms with Gasteiger partial charge in [0.05, 0.1) is 6.10 Å². The molecule has 2 rings (SSSR count). The number of nitrogens with zero attached hydrogens (tertiary/aromatic N) is 1. The van der Waals surface area contributed by atoms with Gasteiger partial charge in [-0.1, -0.05) is 42.5 Å². The van der Waals surface area contributed by atoms with Crippen LogP contribution in [0, 0.1) is 0 Å². The molecular formula is C17H25NO. The Morgan fingerprint density at radius 3 is 2.84 bits per heavy atom. The fraction of sp³-hybridized carbons (Fsp3) is 0.529. The molecule has 0 radical (unpaired) electrons. The minimum absolute atomic E-state index is 0.161. The second-order valence-corrected chi connectivity index (χ2v) is 5.56. The molecule has 19 heavy (non-hydrogen) atoms. The van der Waals surface area contributed by atoms with Crippen LogP contribution in [0.15, 0.2) is 36.4 Å². The molecule has 0 saturated carbocycles. The molecule has 1 saturated heterocycles. The Morgan fingerprint density at radius 2 is 2.16 bits per heavy atom. The Hall–Kier alpha value is -1.12. The predicted octanol–water partition coefficient (Wildman–Crippen LogP) is 3.33. The molecule has 0 aliphatic carbocycles. The van der Waals surface area contributed by atoms with Crippen molar-refractivity contribution in [3.8, 4) is 0 Å². The largest absolute Gasteiger partial charge is 0.393 e. The van der Waals surface area contributed by atoms with Crippen LogP contribution in [0.3, 0.4) is 0 Å². The maximum absolute atomic E-state index is 10.1. The number of aliphatic hydroxyl groups excluding tert-OH is 1. The second kappa shape index (κ2) is 7.46. The molecule has 104 valence electrons. The monoisotopic (exact) mass is 259 g/mol. The summed E-state index contributed by atoms with van der Waals surface area (Å²) in [6.07, 6.45) is 9.40. The van der Waals surface area contributed by atoms with Crippen molar-refractivity contribution in [2.45, 2.75) is 44.2 Å². The van der Waals surface area contributed by atoms with Crippen LogP contribution < -0.4 is 0 Å². The van der Waals surface area contributed by atoms with Gasteiger partial charge in [-0.25, -0.2) is 0 Å². The molecule has 2 atom stereocenters. The summed E-state index contributed by atoms with van der Waals surface area (Å²) in [7, 11) is 2.17. The smallest absolute Gasteiger partial charge is 0.0558 e. The Bertz CT molecular complexity index is 388. The molecule has 1 aromatic carbocycles. The number of hydrogen-bond acceptors (Lipinski definition) is 2. The third-order valence-corrected chi connectivity index (χ3v) is 3.99. The van der Waals surface area contributed by atoms with Gasteiger partial charge in [-0.05, 0) is 51.3 Å². The average Bonchev–Trinajstić information content (AvgIpc) is 2.82. The third kappa shape index (κ3) is 4.81. The van der Waals surface area contributed by atoms with Crippen molar-refractivity contribution in [1.82, 2.24) is 4.90 Å². The molecule has 2 heteroatoms. The molecular weight excluding hydrogens is 234 g/mol. The summed E-state index contributed by atoms with van der Waals surface area (Å²) < 4.78 is 0. The van der Waals surface area contributed by atoms with Crippen LogP contribution in [0.5, 0.6) is 0 Å². The molecule has 1 aliphatic heterocycles. The van der Waals surface area contributed by atoms with E-state index in [9.17, 15) is 5.11 Å². The van der Waals surface area contributed by atoms with Gasteiger partial charge in [-0.15, -0.1) is 0 Å². The van der Waals surface area contributed by atoms with Crippen molar-refractivity contribution in [1.29, 1.82) is 0 Å². The zero-order valence-electron chi connectivity index (χ0n) is 11.8. The van der Waals surface area contributed by atoms with Crippen LogP contribution in [0.4, 0.5) is 0 Å². The maximum atomic E-state index is 10.1. The van der Waals surface area contributed by atoms with E-state index in [-0.39, 0.29) is 6.10 Å². The summed E-state index contributed by atoms with van der Waals surface area (Å²) in [6, 6.07) is 10.9. The van der Waals surface area contributed by atoms with E-state index in [2.05, 4.69) is 36.2 Å². The predicted molar refractivity (Wildman–Crippen MR) is 81.0 cm³/mol. The number of rotatable bonds is 6. The molecule has 1 heterocycles. The van der Waals surface area contributed by atoms with E-state index in [0.717, 1.165) is 19.3 Å². The van der Waals surface area contributed by atoms with Crippen LogP contribution in [-0.2, 0) is 0 Å². The highest BCUT2D eigenvalue weighted by atomic mass is 16.3. The lowest BCUT2D eigenvalue weighted by Crippen LogP contribution is -2.28. The summed E-state index contributed by atoms with van der Waals surface area (Å²) >= 11 is 0. The van der Waals surface area contributed by atoms with E-state index >= 15 is 0 Å². The standard InChI is InChI=1S/C17H25NO/c1-18-13-7-11-16(18)14-17(19)12-6-5-10-15-8-3-2-4-9-15/h2-5,8-10,16-17,19H,6-7,11-14H2,1H3. The molecule has 0 amide bonds. The fourth-order valence-electron chi connectivity index (χ4n) is 2.78. The number of allylic oxidation sites excluding steroid dienone is 1. The normalized spacial score (nSPS) is 22.1. The second-order valence-electron chi connectivity index (χ2n) is 5.56. The minimum Gasteiger partial charge on any atom is -0.393 e. The zero-order chi connectivity index (χ0) is 13.5. The van der Waals surface area contributed by atoms with E-state index in [0.29, 0.717) is 6.04 Å². The summed E-state index contributed by atoms with van der Waals surface area (Å²) in [5.41, 5.74) is 1.23. The van der Waals surface area contributed by atoms with Crippen LogP contribution in [0.2, 0.25) is 0 Å². The highest BCUT2D eigenvalue weighted by Crippen LogP contribution is 2.20. The zero-order valence-corrected chi connectivity index (χ0v) is 11.8. The van der Waals surface area contributed by atoms with Crippen molar-refractivity contribution >= 4 is 6.08 Å². The Balaban J connectivity index is 1.66. The van der Waals surface area contributed by atoms with Crippen LogP contribution in [0.25, 0.3) is 6.08 Å². The Labute approximate surface area is 116 Å². The van der Waals surface area contributed by atoms with Gasteiger partial charge >= 0.3 is 0 Å². The average molecular weight is 259 g/mol. The maximum Gasteiger partial charge on any atom is 0.0558 e. The topological polar surface area (TPSA) is 23.5 Å². The van der Waals surface area contributed by atoms with Gasteiger partial charge in [0, 0.05) is 6.04 Å². The Morgan fingerprint density at radius 1 is 1.37 bits per heavy atom. The van der Waals surface area contributed by atoms with Gasteiger partial charge < -0.3 is 10.0 Å². The minimum atomic E-state index is -0.161. The third-order valence-electron chi connectivity index (χ3n) is 3.99. The summed E-state index contributed by atoms with van der Waals surface area (Å²) in [5.74, 6) is 0. The van der Waals surface area contributed by atoms with Crippen molar-refractivity contribution < 1.29 is 5.11 Å². The van der Waals surface area contributed by atoms with Crippen molar-refractivity contribution in [2.24, 2.45) is 0 Å². The molecule has 1 N–H and O–H groups in total. The summed E-state index contributed by atoms with van der Waals surface area (Å²) in [6.45, 7) is 1.19. The van der Waals surface area contributed by atoms with Gasteiger partial charge in [0.2, 0.25) is 0 Å². The number of aliphatic hydroxyl groups is 1. The fourth-order valence-corrected chi connectivity index (χ4v) is 2.78. The van der Waals surface area contributed by atoms with Crippen LogP contribution in [-0.4, -0.2) is 35.7 Å². The van der Waals surface area contributed by atoms with E-state index in [1.807, 2.05) is 18.2 Å². The van der Waals surface area contributed by atoms with Gasteiger partial charge in [0.15, 0.2) is 0 Å². The molecule has 0 spiro atoms. The molecule has 2 unspecified atom stereocenters. The SMILES string of the molecule is CN1CCCC1CC(O)CCC=Cc1ccccc1.